The van der Waals surface area contributed by atoms with Crippen molar-refractivity contribution in [1.29, 1.82) is 5.26 Å². The molecule has 1 unspecified atom stereocenters. The third kappa shape index (κ3) is 4.28. The molecule has 0 aliphatic rings. The standard InChI is InChI=1S/C21H21NO3/c1-4-8-18-17(20(23)15(2)13-22)11-12-19(24-3)21(18)25-14-16-9-6-5-7-10-16/h4-7,9-12,20,23H,1-2,8,14H2,3H3. The Morgan fingerprint density at radius 1 is 1.28 bits per heavy atom. The molecule has 2 rings (SSSR count). The summed E-state index contributed by atoms with van der Waals surface area (Å²) in [5.74, 6) is 1.10. The summed E-state index contributed by atoms with van der Waals surface area (Å²) in [4.78, 5) is 0. The van der Waals surface area contributed by atoms with Crippen molar-refractivity contribution in [2.45, 2.75) is 19.1 Å². The van der Waals surface area contributed by atoms with Gasteiger partial charge in [0.25, 0.3) is 0 Å². The van der Waals surface area contributed by atoms with Gasteiger partial charge in [-0.05, 0) is 23.6 Å². The number of benzene rings is 2. The van der Waals surface area contributed by atoms with E-state index in [2.05, 4.69) is 13.2 Å². The van der Waals surface area contributed by atoms with Crippen LogP contribution < -0.4 is 9.47 Å². The van der Waals surface area contributed by atoms with Crippen LogP contribution in [0, 0.1) is 11.3 Å². The fraction of sp³-hybridized carbons (Fsp3) is 0.190. The number of rotatable bonds is 8. The number of ether oxygens (including phenoxy) is 2. The smallest absolute Gasteiger partial charge is 0.165 e. The number of hydrogen-bond acceptors (Lipinski definition) is 4. The van der Waals surface area contributed by atoms with Crippen LogP contribution in [0.3, 0.4) is 0 Å². The molecule has 0 amide bonds. The van der Waals surface area contributed by atoms with Crippen LogP contribution >= 0.6 is 0 Å². The average Bonchev–Trinajstić information content (AvgIpc) is 2.66. The Kier molecular flexibility index (Phi) is 6.39. The normalized spacial score (nSPS) is 11.2. The monoisotopic (exact) mass is 335 g/mol. The molecule has 0 heterocycles. The van der Waals surface area contributed by atoms with Gasteiger partial charge in [0.1, 0.15) is 12.7 Å². The van der Waals surface area contributed by atoms with Crippen LogP contribution in [0.5, 0.6) is 11.5 Å². The molecule has 0 bridgehead atoms. The Morgan fingerprint density at radius 3 is 2.60 bits per heavy atom. The number of aliphatic hydroxyl groups is 1. The van der Waals surface area contributed by atoms with Crippen LogP contribution in [0.2, 0.25) is 0 Å². The van der Waals surface area contributed by atoms with Crippen molar-refractivity contribution in [2.24, 2.45) is 0 Å². The Morgan fingerprint density at radius 2 is 2.00 bits per heavy atom. The minimum absolute atomic E-state index is 0.0736. The number of aliphatic hydroxyl groups excluding tert-OH is 1. The topological polar surface area (TPSA) is 62.5 Å². The van der Waals surface area contributed by atoms with Gasteiger partial charge in [0.15, 0.2) is 11.5 Å². The summed E-state index contributed by atoms with van der Waals surface area (Å²) in [6.07, 6.45) is 1.09. The van der Waals surface area contributed by atoms with Gasteiger partial charge in [0.05, 0.1) is 18.8 Å². The van der Waals surface area contributed by atoms with Crippen molar-refractivity contribution >= 4 is 0 Å². The molecule has 2 aromatic rings. The second-order valence-electron chi connectivity index (χ2n) is 5.47. The van der Waals surface area contributed by atoms with Gasteiger partial charge in [0, 0.05) is 5.56 Å². The minimum atomic E-state index is -1.09. The molecule has 0 aliphatic carbocycles. The number of methoxy groups -OCH3 is 1. The molecule has 0 aromatic heterocycles. The lowest BCUT2D eigenvalue weighted by Gasteiger charge is -2.20. The first-order valence-corrected chi connectivity index (χ1v) is 7.86. The lowest BCUT2D eigenvalue weighted by atomic mass is 9.95. The van der Waals surface area contributed by atoms with Gasteiger partial charge in [-0.3, -0.25) is 0 Å². The Labute approximate surface area is 148 Å². The maximum Gasteiger partial charge on any atom is 0.165 e. The lowest BCUT2D eigenvalue weighted by molar-refractivity contribution is 0.217. The first-order valence-electron chi connectivity index (χ1n) is 7.86. The van der Waals surface area contributed by atoms with Crippen LogP contribution in [0.4, 0.5) is 0 Å². The van der Waals surface area contributed by atoms with E-state index in [-0.39, 0.29) is 5.57 Å². The second kappa shape index (κ2) is 8.72. The molecule has 0 spiro atoms. The highest BCUT2D eigenvalue weighted by atomic mass is 16.5. The van der Waals surface area contributed by atoms with E-state index in [1.807, 2.05) is 36.4 Å². The molecule has 128 valence electrons. The van der Waals surface area contributed by atoms with Crippen molar-refractivity contribution in [3.05, 3.63) is 84.0 Å². The Hall–Kier alpha value is -3.03. The van der Waals surface area contributed by atoms with E-state index in [9.17, 15) is 5.11 Å². The first-order chi connectivity index (χ1) is 12.1. The highest BCUT2D eigenvalue weighted by molar-refractivity contribution is 5.54. The van der Waals surface area contributed by atoms with Crippen LogP contribution in [0.25, 0.3) is 0 Å². The van der Waals surface area contributed by atoms with Crippen molar-refractivity contribution < 1.29 is 14.6 Å². The highest BCUT2D eigenvalue weighted by Crippen LogP contribution is 2.38. The molecule has 1 atom stereocenters. The summed E-state index contributed by atoms with van der Waals surface area (Å²) in [5, 5.41) is 19.4. The number of nitriles is 1. The van der Waals surface area contributed by atoms with E-state index < -0.39 is 6.10 Å². The number of hydrogen-bond donors (Lipinski definition) is 1. The summed E-state index contributed by atoms with van der Waals surface area (Å²) >= 11 is 0. The van der Waals surface area contributed by atoms with Gasteiger partial charge < -0.3 is 14.6 Å². The summed E-state index contributed by atoms with van der Waals surface area (Å²) in [5.41, 5.74) is 2.38. The van der Waals surface area contributed by atoms with Gasteiger partial charge in [-0.25, -0.2) is 0 Å². The summed E-state index contributed by atoms with van der Waals surface area (Å²) < 4.78 is 11.4. The molecule has 2 aromatic carbocycles. The molecule has 0 aliphatic heterocycles. The zero-order chi connectivity index (χ0) is 18.2. The summed E-state index contributed by atoms with van der Waals surface area (Å²) in [6, 6.07) is 15.1. The van der Waals surface area contributed by atoms with E-state index in [0.29, 0.717) is 30.1 Å². The van der Waals surface area contributed by atoms with Gasteiger partial charge in [-0.2, -0.15) is 5.26 Å². The quantitative estimate of drug-likeness (QED) is 0.582. The number of nitrogens with zero attached hydrogens (tertiary/aromatic N) is 1. The maximum absolute atomic E-state index is 10.4. The van der Waals surface area contributed by atoms with Crippen LogP contribution in [0.15, 0.2) is 67.3 Å². The zero-order valence-corrected chi connectivity index (χ0v) is 14.2. The van der Waals surface area contributed by atoms with E-state index >= 15 is 0 Å². The molecular weight excluding hydrogens is 314 g/mol. The molecule has 0 saturated carbocycles. The largest absolute Gasteiger partial charge is 0.493 e. The van der Waals surface area contributed by atoms with Crippen molar-refractivity contribution in [2.75, 3.05) is 7.11 Å². The van der Waals surface area contributed by atoms with Crippen molar-refractivity contribution in [1.82, 2.24) is 0 Å². The molecular formula is C21H21NO3. The summed E-state index contributed by atoms with van der Waals surface area (Å²) in [6.45, 7) is 7.74. The molecule has 4 nitrogen and oxygen atoms in total. The molecule has 25 heavy (non-hydrogen) atoms. The average molecular weight is 335 g/mol. The number of allylic oxidation sites excluding steroid dienone is 1. The highest BCUT2D eigenvalue weighted by Gasteiger charge is 2.21. The van der Waals surface area contributed by atoms with Crippen molar-refractivity contribution in [3.63, 3.8) is 0 Å². The second-order valence-corrected chi connectivity index (χ2v) is 5.47. The predicted octanol–water partition coefficient (Wildman–Crippen LogP) is 4.12. The van der Waals surface area contributed by atoms with E-state index in [4.69, 9.17) is 14.7 Å². The molecule has 0 fully saturated rings. The molecule has 0 saturated heterocycles. The maximum atomic E-state index is 10.4. The van der Waals surface area contributed by atoms with Gasteiger partial charge in [-0.15, -0.1) is 6.58 Å². The van der Waals surface area contributed by atoms with Crippen LogP contribution in [-0.2, 0) is 13.0 Å². The van der Waals surface area contributed by atoms with E-state index in [1.165, 1.54) is 0 Å². The lowest BCUT2D eigenvalue weighted by Crippen LogP contribution is -2.08. The van der Waals surface area contributed by atoms with Gasteiger partial charge >= 0.3 is 0 Å². The predicted molar refractivity (Wildman–Crippen MR) is 97.4 cm³/mol. The fourth-order valence-corrected chi connectivity index (χ4v) is 2.53. The van der Waals surface area contributed by atoms with E-state index in [0.717, 1.165) is 11.1 Å². The summed E-state index contributed by atoms with van der Waals surface area (Å²) in [7, 11) is 1.56. The van der Waals surface area contributed by atoms with Crippen LogP contribution in [0.1, 0.15) is 22.8 Å². The first kappa shape index (κ1) is 18.3. The zero-order valence-electron chi connectivity index (χ0n) is 14.2. The SMILES string of the molecule is C=CCc1c(C(O)C(=C)C#N)ccc(OC)c1OCc1ccccc1. The Balaban J connectivity index is 2.45. The fourth-order valence-electron chi connectivity index (χ4n) is 2.53. The van der Waals surface area contributed by atoms with Gasteiger partial charge in [-0.1, -0.05) is 49.1 Å². The van der Waals surface area contributed by atoms with Gasteiger partial charge in [0.2, 0.25) is 0 Å². The van der Waals surface area contributed by atoms with Crippen molar-refractivity contribution in [3.8, 4) is 17.6 Å². The van der Waals surface area contributed by atoms with E-state index in [1.54, 1.807) is 25.3 Å². The Bertz CT molecular complexity index is 791. The minimum Gasteiger partial charge on any atom is -0.493 e. The molecule has 1 N–H and O–H groups in total. The van der Waals surface area contributed by atoms with Crippen LogP contribution in [-0.4, -0.2) is 12.2 Å². The molecule has 0 radical (unpaired) electrons. The third-order valence-corrected chi connectivity index (χ3v) is 3.82. The molecule has 4 heteroatoms. The third-order valence-electron chi connectivity index (χ3n) is 3.82.